The van der Waals surface area contributed by atoms with Gasteiger partial charge in [0, 0.05) is 80.9 Å². The van der Waals surface area contributed by atoms with Gasteiger partial charge in [0.1, 0.15) is 5.52 Å². The molecule has 12 nitrogen and oxygen atoms in total. The number of imidazole rings is 1. The number of anilines is 3. The number of hydrogen-bond acceptors (Lipinski definition) is 9. The molecular formula is C44H51ClN8O4. The van der Waals surface area contributed by atoms with Crippen LogP contribution in [0.2, 0.25) is 5.02 Å². The van der Waals surface area contributed by atoms with E-state index >= 15 is 0 Å². The minimum Gasteiger partial charge on any atom is -0.481 e. The van der Waals surface area contributed by atoms with E-state index in [2.05, 4.69) is 31.5 Å². The summed E-state index contributed by atoms with van der Waals surface area (Å²) in [6, 6.07) is 15.8. The fourth-order valence-corrected chi connectivity index (χ4v) is 9.24. The summed E-state index contributed by atoms with van der Waals surface area (Å²) in [6.07, 6.45) is 9.80. The number of carbonyl (C=O) groups excluding carboxylic acids is 1. The number of nitrogens with zero attached hydrogens (tertiary/aromatic N) is 6. The fourth-order valence-electron chi connectivity index (χ4n) is 8.96. The quantitative estimate of drug-likeness (QED) is 0.106. The van der Waals surface area contributed by atoms with Crippen LogP contribution in [0.5, 0.6) is 0 Å². The SMILES string of the molecule is Cc1c(Nc2nccc3cc(CN4CC[C@@](C)(O)C4)cnc23)cccc1-c1cccc(NC(=O)c2nc3c(n2C)CCN(CCC2CCC(C(=O)O)CC2)C3)c1Cl. The molecule has 1 saturated heterocycles. The van der Waals surface area contributed by atoms with E-state index < -0.39 is 11.6 Å². The molecule has 3 aliphatic rings. The number of pyridine rings is 2. The van der Waals surface area contributed by atoms with Gasteiger partial charge in [0.2, 0.25) is 0 Å². The number of carboxylic acids is 1. The Bertz CT molecular complexity index is 2320. The first-order chi connectivity index (χ1) is 27.4. The minimum absolute atomic E-state index is 0.189. The number of carbonyl (C=O) groups is 2. The predicted octanol–water partition coefficient (Wildman–Crippen LogP) is 7.58. The van der Waals surface area contributed by atoms with Crippen molar-refractivity contribution in [2.45, 2.75) is 77.5 Å². The number of β-amino-alcohol motifs (C(OH)–C–C–N with tert-alkyl or cyclic N) is 1. The highest BCUT2D eigenvalue weighted by atomic mass is 35.5. The molecule has 2 fully saturated rings. The van der Waals surface area contributed by atoms with Gasteiger partial charge in [-0.2, -0.15) is 0 Å². The summed E-state index contributed by atoms with van der Waals surface area (Å²) in [5.74, 6) is 0.400. The third kappa shape index (κ3) is 8.41. The van der Waals surface area contributed by atoms with Gasteiger partial charge in [-0.25, -0.2) is 9.97 Å². The summed E-state index contributed by atoms with van der Waals surface area (Å²) in [5.41, 5.74) is 7.26. The van der Waals surface area contributed by atoms with Crippen molar-refractivity contribution in [1.29, 1.82) is 0 Å². The smallest absolute Gasteiger partial charge is 0.306 e. The van der Waals surface area contributed by atoms with Gasteiger partial charge in [0.05, 0.1) is 27.9 Å². The Morgan fingerprint density at radius 2 is 1.77 bits per heavy atom. The van der Waals surface area contributed by atoms with E-state index in [0.29, 0.717) is 41.4 Å². The number of nitrogens with one attached hydrogen (secondary N) is 2. The Kier molecular flexibility index (Phi) is 11.1. The van der Waals surface area contributed by atoms with Crippen LogP contribution in [-0.4, -0.2) is 83.2 Å². The second-order valence-corrected chi connectivity index (χ2v) is 16.9. The van der Waals surface area contributed by atoms with E-state index in [4.69, 9.17) is 21.6 Å². The number of aliphatic carboxylic acids is 1. The molecule has 0 bridgehead atoms. The number of hydrogen-bond donors (Lipinski definition) is 4. The lowest BCUT2D eigenvalue weighted by Crippen LogP contribution is -2.33. The van der Waals surface area contributed by atoms with Gasteiger partial charge in [-0.05, 0) is 106 Å². The zero-order chi connectivity index (χ0) is 39.8. The predicted molar refractivity (Wildman–Crippen MR) is 223 cm³/mol. The van der Waals surface area contributed by atoms with E-state index in [1.54, 1.807) is 6.20 Å². The lowest BCUT2D eigenvalue weighted by atomic mass is 9.80. The molecule has 4 N–H and O–H groups in total. The maximum Gasteiger partial charge on any atom is 0.306 e. The maximum atomic E-state index is 13.8. The van der Waals surface area contributed by atoms with Crippen molar-refractivity contribution in [3.05, 3.63) is 94.3 Å². The Labute approximate surface area is 338 Å². The van der Waals surface area contributed by atoms with Crippen LogP contribution in [0.15, 0.2) is 60.9 Å². The summed E-state index contributed by atoms with van der Waals surface area (Å²) >= 11 is 7.07. The topological polar surface area (TPSA) is 149 Å². The van der Waals surface area contributed by atoms with Crippen molar-refractivity contribution in [1.82, 2.24) is 29.3 Å². The summed E-state index contributed by atoms with van der Waals surface area (Å²) in [5, 5.41) is 27.7. The first-order valence-electron chi connectivity index (χ1n) is 20.1. The largest absolute Gasteiger partial charge is 0.481 e. The molecule has 2 aromatic carbocycles. The molecule has 13 heteroatoms. The summed E-state index contributed by atoms with van der Waals surface area (Å²) in [7, 11) is 1.90. The first-order valence-corrected chi connectivity index (χ1v) is 20.4. The van der Waals surface area contributed by atoms with E-state index in [0.717, 1.165) is 121 Å². The van der Waals surface area contributed by atoms with Crippen LogP contribution in [0.1, 0.15) is 78.6 Å². The first kappa shape index (κ1) is 39.0. The zero-order valence-electron chi connectivity index (χ0n) is 32.9. The third-order valence-electron chi connectivity index (χ3n) is 12.3. The molecule has 5 aromatic rings. The average molecular weight is 791 g/mol. The lowest BCUT2D eigenvalue weighted by molar-refractivity contribution is -0.143. The van der Waals surface area contributed by atoms with Gasteiger partial charge >= 0.3 is 5.97 Å². The molecule has 2 aliphatic heterocycles. The van der Waals surface area contributed by atoms with Crippen molar-refractivity contribution in [2.24, 2.45) is 18.9 Å². The fraction of sp³-hybridized carbons (Fsp3) is 0.432. The maximum absolute atomic E-state index is 13.8. The number of carboxylic acid groups (broad SMARTS) is 1. The number of amides is 1. The number of fused-ring (bicyclic) bond motifs is 2. The molecule has 5 heterocycles. The van der Waals surface area contributed by atoms with Gasteiger partial charge in [-0.15, -0.1) is 0 Å². The van der Waals surface area contributed by atoms with E-state index in [1.165, 1.54) is 0 Å². The highest BCUT2D eigenvalue weighted by Crippen LogP contribution is 2.39. The number of aliphatic hydroxyl groups is 1. The third-order valence-corrected chi connectivity index (χ3v) is 12.7. The molecule has 0 spiro atoms. The Morgan fingerprint density at radius 1 is 1.00 bits per heavy atom. The van der Waals surface area contributed by atoms with Crippen LogP contribution >= 0.6 is 11.6 Å². The van der Waals surface area contributed by atoms with Crippen LogP contribution in [0, 0.1) is 18.8 Å². The molecule has 1 amide bonds. The number of halogens is 1. The van der Waals surface area contributed by atoms with Crippen molar-refractivity contribution >= 4 is 51.6 Å². The number of rotatable bonds is 11. The van der Waals surface area contributed by atoms with Crippen LogP contribution in [0.4, 0.5) is 17.2 Å². The van der Waals surface area contributed by atoms with E-state index in [1.807, 2.05) is 74.1 Å². The molecule has 1 saturated carbocycles. The standard InChI is InChI=1S/C44H51ClN8O4/c1-27-32(6-4-8-34(27)48-40-39-31(14-18-46-40)22-29(23-47-39)24-53-21-17-44(2,57)26-53)33-7-5-9-35(38(33)45)50-42(54)41-49-36-25-52(20-16-37(36)51(41)3)19-15-28-10-12-30(13-11-28)43(55)56/h4-9,14,18,22-23,28,30,57H,10-13,15-17,19-21,24-26H2,1-3H3,(H,46,48)(H,50,54)(H,55,56)/t28?,30?,44-/m1/s1. The number of aromatic nitrogens is 4. The van der Waals surface area contributed by atoms with E-state index in [9.17, 15) is 19.8 Å². The van der Waals surface area contributed by atoms with Crippen molar-refractivity contribution < 1.29 is 19.8 Å². The van der Waals surface area contributed by atoms with Crippen LogP contribution in [0.3, 0.4) is 0 Å². The van der Waals surface area contributed by atoms with Gasteiger partial charge in [0.25, 0.3) is 5.91 Å². The molecule has 3 aromatic heterocycles. The van der Waals surface area contributed by atoms with Gasteiger partial charge in [0.15, 0.2) is 11.6 Å². The monoisotopic (exact) mass is 790 g/mol. The number of benzene rings is 2. The second-order valence-electron chi connectivity index (χ2n) is 16.5. The normalized spacial score (nSPS) is 21.4. The Morgan fingerprint density at radius 3 is 2.53 bits per heavy atom. The molecule has 57 heavy (non-hydrogen) atoms. The second kappa shape index (κ2) is 16.2. The van der Waals surface area contributed by atoms with Crippen molar-refractivity contribution in [3.8, 4) is 11.1 Å². The highest BCUT2D eigenvalue weighted by molar-refractivity contribution is 6.36. The molecule has 1 aliphatic carbocycles. The molecule has 298 valence electrons. The summed E-state index contributed by atoms with van der Waals surface area (Å²) in [4.78, 5) is 44.0. The Balaban J connectivity index is 0.939. The van der Waals surface area contributed by atoms with Crippen molar-refractivity contribution in [2.75, 3.05) is 36.8 Å². The van der Waals surface area contributed by atoms with Crippen LogP contribution in [-0.2, 0) is 31.4 Å². The lowest BCUT2D eigenvalue weighted by Gasteiger charge is -2.30. The average Bonchev–Trinajstić information content (AvgIpc) is 3.72. The van der Waals surface area contributed by atoms with Crippen LogP contribution in [0.25, 0.3) is 22.0 Å². The van der Waals surface area contributed by atoms with Crippen LogP contribution < -0.4 is 10.6 Å². The Hall–Kier alpha value is -4.88. The molecule has 8 rings (SSSR count). The summed E-state index contributed by atoms with van der Waals surface area (Å²) in [6.45, 7) is 8.70. The molecule has 1 atom stereocenters. The molecule has 0 unspecified atom stereocenters. The van der Waals surface area contributed by atoms with Gasteiger partial charge in [-0.3, -0.25) is 24.4 Å². The highest BCUT2D eigenvalue weighted by Gasteiger charge is 2.32. The minimum atomic E-state index is -0.662. The van der Waals surface area contributed by atoms with E-state index in [-0.39, 0.29) is 11.8 Å². The molecular weight excluding hydrogens is 740 g/mol. The van der Waals surface area contributed by atoms with Gasteiger partial charge < -0.3 is 25.4 Å². The number of likely N-dealkylation sites (tertiary alicyclic amines) is 1. The zero-order valence-corrected chi connectivity index (χ0v) is 33.6. The molecule has 0 radical (unpaired) electrons. The van der Waals surface area contributed by atoms with Crippen molar-refractivity contribution in [3.63, 3.8) is 0 Å². The van der Waals surface area contributed by atoms with Gasteiger partial charge in [-0.1, -0.05) is 35.9 Å². The summed E-state index contributed by atoms with van der Waals surface area (Å²) < 4.78 is 1.91.